The van der Waals surface area contributed by atoms with E-state index < -0.39 is 0 Å². The molecule has 0 bridgehead atoms. The lowest BCUT2D eigenvalue weighted by Crippen LogP contribution is -2.37. The summed E-state index contributed by atoms with van der Waals surface area (Å²) in [7, 11) is 0. The lowest BCUT2D eigenvalue weighted by Gasteiger charge is -2.23. The number of nitrogens with zero attached hydrogens (tertiary/aromatic N) is 2. The summed E-state index contributed by atoms with van der Waals surface area (Å²) in [6, 6.07) is 10.4. The molecule has 0 spiro atoms. The predicted octanol–water partition coefficient (Wildman–Crippen LogP) is 6.01. The van der Waals surface area contributed by atoms with Gasteiger partial charge in [-0.1, -0.05) is 61.0 Å². The SMILES string of the molecule is C=C(CC(Cc1ccccc1)NC(=O)CCc1nc(CC)c(/C=C(\C)Cl)s1)CN1CCCC1. The highest BCUT2D eigenvalue weighted by atomic mass is 35.5. The lowest BCUT2D eigenvalue weighted by atomic mass is 9.99. The summed E-state index contributed by atoms with van der Waals surface area (Å²) in [5, 5.41) is 5.02. The van der Waals surface area contributed by atoms with Crippen LogP contribution in [-0.4, -0.2) is 41.5 Å². The molecule has 1 amide bonds. The Morgan fingerprint density at radius 1 is 1.30 bits per heavy atom. The zero-order valence-electron chi connectivity index (χ0n) is 19.9. The summed E-state index contributed by atoms with van der Waals surface area (Å²) < 4.78 is 0. The van der Waals surface area contributed by atoms with Crippen LogP contribution in [0.2, 0.25) is 0 Å². The minimum absolute atomic E-state index is 0.0508. The van der Waals surface area contributed by atoms with Gasteiger partial charge in [0.1, 0.15) is 0 Å². The first kappa shape index (κ1) is 25.7. The monoisotopic (exact) mass is 485 g/mol. The zero-order chi connectivity index (χ0) is 23.6. The summed E-state index contributed by atoms with van der Waals surface area (Å²) in [4.78, 5) is 21.2. The third-order valence-corrected chi connectivity index (χ3v) is 7.09. The van der Waals surface area contributed by atoms with Gasteiger partial charge in [-0.05, 0) is 63.8 Å². The van der Waals surface area contributed by atoms with Crippen molar-refractivity contribution < 1.29 is 4.79 Å². The maximum Gasteiger partial charge on any atom is 0.220 e. The highest BCUT2D eigenvalue weighted by Gasteiger charge is 2.18. The van der Waals surface area contributed by atoms with Crippen LogP contribution in [0.5, 0.6) is 0 Å². The average molecular weight is 486 g/mol. The molecule has 6 heteroatoms. The number of allylic oxidation sites excluding steroid dienone is 1. The number of carbonyl (C=O) groups excluding carboxylic acids is 1. The molecule has 1 N–H and O–H groups in total. The first-order valence-corrected chi connectivity index (χ1v) is 13.2. The first-order valence-electron chi connectivity index (χ1n) is 12.0. The molecule has 4 nitrogen and oxygen atoms in total. The maximum absolute atomic E-state index is 12.9. The van der Waals surface area contributed by atoms with E-state index in [0.717, 1.165) is 59.5 Å². The average Bonchev–Trinajstić information content (AvgIpc) is 3.42. The van der Waals surface area contributed by atoms with Crippen LogP contribution in [0.15, 0.2) is 47.5 Å². The van der Waals surface area contributed by atoms with Crippen LogP contribution in [0, 0.1) is 0 Å². The van der Waals surface area contributed by atoms with Crippen LogP contribution in [0.1, 0.15) is 60.7 Å². The minimum Gasteiger partial charge on any atom is -0.353 e. The van der Waals surface area contributed by atoms with Gasteiger partial charge in [-0.2, -0.15) is 0 Å². The van der Waals surface area contributed by atoms with Gasteiger partial charge in [0.2, 0.25) is 5.91 Å². The van der Waals surface area contributed by atoms with Gasteiger partial charge in [0, 0.05) is 30.5 Å². The van der Waals surface area contributed by atoms with E-state index in [9.17, 15) is 4.79 Å². The van der Waals surface area contributed by atoms with Gasteiger partial charge in [-0.3, -0.25) is 9.69 Å². The number of carbonyl (C=O) groups is 1. The number of amides is 1. The summed E-state index contributed by atoms with van der Waals surface area (Å²) in [6.07, 6.45) is 8.06. The molecule has 2 aromatic rings. The number of likely N-dealkylation sites (tertiary alicyclic amines) is 1. The Hall–Kier alpha value is -1.95. The molecule has 1 aromatic heterocycles. The van der Waals surface area contributed by atoms with Gasteiger partial charge < -0.3 is 5.32 Å². The number of hydrogen-bond donors (Lipinski definition) is 1. The zero-order valence-corrected chi connectivity index (χ0v) is 21.5. The molecule has 1 atom stereocenters. The van der Waals surface area contributed by atoms with Crippen molar-refractivity contribution in [2.45, 2.75) is 64.8 Å². The Morgan fingerprint density at radius 2 is 2.03 bits per heavy atom. The normalized spacial score (nSPS) is 15.5. The summed E-state index contributed by atoms with van der Waals surface area (Å²) >= 11 is 7.70. The predicted molar refractivity (Wildman–Crippen MR) is 141 cm³/mol. The van der Waals surface area contributed by atoms with Gasteiger partial charge in [0.05, 0.1) is 15.6 Å². The van der Waals surface area contributed by atoms with Crippen molar-refractivity contribution in [3.8, 4) is 0 Å². The Bertz CT molecular complexity index is 944. The van der Waals surface area contributed by atoms with E-state index in [1.165, 1.54) is 24.0 Å². The van der Waals surface area contributed by atoms with Crippen molar-refractivity contribution in [1.82, 2.24) is 15.2 Å². The van der Waals surface area contributed by atoms with Crippen LogP contribution in [0.25, 0.3) is 6.08 Å². The lowest BCUT2D eigenvalue weighted by molar-refractivity contribution is -0.121. The van der Waals surface area contributed by atoms with Crippen molar-refractivity contribution in [3.05, 3.63) is 68.7 Å². The smallest absolute Gasteiger partial charge is 0.220 e. The van der Waals surface area contributed by atoms with Gasteiger partial charge in [0.25, 0.3) is 0 Å². The van der Waals surface area contributed by atoms with E-state index in [2.05, 4.69) is 48.0 Å². The Labute approximate surface area is 207 Å². The van der Waals surface area contributed by atoms with Crippen LogP contribution in [0.4, 0.5) is 0 Å². The molecule has 1 unspecified atom stereocenters. The number of aromatic nitrogens is 1. The van der Waals surface area contributed by atoms with Crippen molar-refractivity contribution in [1.29, 1.82) is 0 Å². The number of hydrogen-bond acceptors (Lipinski definition) is 4. The molecule has 0 saturated carbocycles. The third-order valence-electron chi connectivity index (χ3n) is 5.87. The van der Waals surface area contributed by atoms with Crippen molar-refractivity contribution in [3.63, 3.8) is 0 Å². The Balaban J connectivity index is 1.58. The fraction of sp³-hybridized carbons (Fsp3) is 0.481. The molecule has 3 rings (SSSR count). The minimum atomic E-state index is 0.0508. The van der Waals surface area contributed by atoms with E-state index in [4.69, 9.17) is 16.6 Å². The second-order valence-electron chi connectivity index (χ2n) is 8.89. The third kappa shape index (κ3) is 8.73. The van der Waals surface area contributed by atoms with E-state index in [1.807, 2.05) is 19.1 Å². The Kier molecular flexibility index (Phi) is 10.2. The molecule has 178 valence electrons. The van der Waals surface area contributed by atoms with Gasteiger partial charge >= 0.3 is 0 Å². The fourth-order valence-corrected chi connectivity index (χ4v) is 5.66. The van der Waals surface area contributed by atoms with Crippen LogP contribution in [-0.2, 0) is 24.1 Å². The molecule has 1 aromatic carbocycles. The van der Waals surface area contributed by atoms with E-state index in [-0.39, 0.29) is 11.9 Å². The molecule has 1 fully saturated rings. The topological polar surface area (TPSA) is 45.2 Å². The largest absolute Gasteiger partial charge is 0.353 e. The first-order chi connectivity index (χ1) is 15.9. The van der Waals surface area contributed by atoms with Crippen molar-refractivity contribution >= 4 is 34.9 Å². The highest BCUT2D eigenvalue weighted by molar-refractivity contribution is 7.12. The van der Waals surface area contributed by atoms with Gasteiger partial charge in [0.15, 0.2) is 0 Å². The van der Waals surface area contributed by atoms with Crippen LogP contribution < -0.4 is 5.32 Å². The van der Waals surface area contributed by atoms with Gasteiger partial charge in [-0.15, -0.1) is 11.3 Å². The van der Waals surface area contributed by atoms with Crippen LogP contribution in [0.3, 0.4) is 0 Å². The van der Waals surface area contributed by atoms with Crippen molar-refractivity contribution in [2.24, 2.45) is 0 Å². The molecule has 0 radical (unpaired) electrons. The molecule has 33 heavy (non-hydrogen) atoms. The number of halogens is 1. The second kappa shape index (κ2) is 13.1. The molecular formula is C27H36ClN3OS. The van der Waals surface area contributed by atoms with E-state index in [1.54, 1.807) is 11.3 Å². The van der Waals surface area contributed by atoms with Gasteiger partial charge in [-0.25, -0.2) is 4.98 Å². The number of benzene rings is 1. The number of rotatable bonds is 12. The standard InChI is InChI=1S/C27H36ClN3OS/c1-4-24-25(17-21(3)28)33-27(30-24)13-12-26(32)29-23(18-22-10-6-5-7-11-22)16-20(2)19-31-14-8-9-15-31/h5-7,10-11,17,23H,2,4,8-9,12-16,18-19H2,1,3H3,(H,29,32)/b21-17+. The molecule has 1 aliphatic rings. The fourth-order valence-electron chi connectivity index (χ4n) is 4.33. The molecule has 1 aliphatic heterocycles. The summed E-state index contributed by atoms with van der Waals surface area (Å²) in [5.74, 6) is 0.0729. The van der Waals surface area contributed by atoms with E-state index >= 15 is 0 Å². The number of aryl methyl sites for hydroxylation is 2. The number of thiazole rings is 1. The summed E-state index contributed by atoms with van der Waals surface area (Å²) in [6.45, 7) is 11.5. The Morgan fingerprint density at radius 3 is 2.70 bits per heavy atom. The maximum atomic E-state index is 12.9. The van der Waals surface area contributed by atoms with Crippen molar-refractivity contribution in [2.75, 3.05) is 19.6 Å². The summed E-state index contributed by atoms with van der Waals surface area (Å²) in [5.41, 5.74) is 3.48. The van der Waals surface area contributed by atoms with E-state index in [0.29, 0.717) is 12.8 Å². The molecule has 1 saturated heterocycles. The quantitative estimate of drug-likeness (QED) is 0.374. The molecule has 2 heterocycles. The second-order valence-corrected chi connectivity index (χ2v) is 10.6. The number of nitrogens with one attached hydrogen (secondary N) is 1. The molecular weight excluding hydrogens is 450 g/mol. The highest BCUT2D eigenvalue weighted by Crippen LogP contribution is 2.24. The van der Waals surface area contributed by atoms with Crippen LogP contribution >= 0.6 is 22.9 Å². The molecule has 0 aliphatic carbocycles.